The number of methoxy groups -OCH3 is 1. The van der Waals surface area contributed by atoms with Crippen molar-refractivity contribution in [1.82, 2.24) is 20.2 Å². The highest BCUT2D eigenvalue weighted by Crippen LogP contribution is 2.19. The van der Waals surface area contributed by atoms with Gasteiger partial charge in [-0.25, -0.2) is 4.68 Å². The molecule has 0 aliphatic heterocycles. The first-order valence-corrected chi connectivity index (χ1v) is 7.01. The van der Waals surface area contributed by atoms with Crippen molar-refractivity contribution >= 4 is 11.6 Å². The molecule has 0 bridgehead atoms. The predicted octanol–water partition coefficient (Wildman–Crippen LogP) is 1.85. The van der Waals surface area contributed by atoms with E-state index in [0.717, 1.165) is 11.3 Å². The molecular weight excluding hydrogens is 294 g/mol. The normalized spacial score (nSPS) is 10.3. The van der Waals surface area contributed by atoms with Crippen molar-refractivity contribution in [2.24, 2.45) is 0 Å². The summed E-state index contributed by atoms with van der Waals surface area (Å²) in [7, 11) is 1.59. The zero-order valence-corrected chi connectivity index (χ0v) is 12.5. The summed E-state index contributed by atoms with van der Waals surface area (Å²) in [6.07, 6.45) is 1.76. The van der Waals surface area contributed by atoms with Gasteiger partial charge >= 0.3 is 0 Å². The molecule has 0 saturated heterocycles. The summed E-state index contributed by atoms with van der Waals surface area (Å²) >= 11 is 0. The number of carbonyl (C=O) groups is 1. The first-order chi connectivity index (χ1) is 11.3. The maximum atomic E-state index is 12.2. The fourth-order valence-corrected chi connectivity index (χ4v) is 2.20. The lowest BCUT2D eigenvalue weighted by molar-refractivity contribution is -0.115. The molecule has 0 atom stereocenters. The minimum atomic E-state index is -0.107. The Morgan fingerprint density at radius 2 is 1.96 bits per heavy atom. The van der Waals surface area contributed by atoms with E-state index in [1.807, 2.05) is 36.4 Å². The van der Waals surface area contributed by atoms with Gasteiger partial charge in [0.1, 0.15) is 12.1 Å². The molecule has 1 aromatic heterocycles. The molecule has 0 unspecified atom stereocenters. The highest BCUT2D eigenvalue weighted by atomic mass is 16.5. The summed E-state index contributed by atoms with van der Waals surface area (Å²) < 4.78 is 6.79. The fourth-order valence-electron chi connectivity index (χ4n) is 2.20. The standard InChI is InChI=1S/C16H15N5O2/c1-23-15-5-3-2-4-12(15)10-16(22)18-13-6-8-14(9-7-13)21-11-17-19-20-21/h2-9,11H,10H2,1H3,(H,18,22). The zero-order valence-electron chi connectivity index (χ0n) is 12.5. The van der Waals surface area contributed by atoms with Crippen molar-refractivity contribution in [1.29, 1.82) is 0 Å². The first kappa shape index (κ1) is 14.7. The molecule has 0 aliphatic carbocycles. The summed E-state index contributed by atoms with van der Waals surface area (Å²) in [6.45, 7) is 0. The van der Waals surface area contributed by atoms with Gasteiger partial charge in [-0.1, -0.05) is 18.2 Å². The Kier molecular flexibility index (Phi) is 4.28. The number of anilines is 1. The number of nitrogens with zero attached hydrogens (tertiary/aromatic N) is 4. The molecule has 23 heavy (non-hydrogen) atoms. The van der Waals surface area contributed by atoms with Crippen LogP contribution >= 0.6 is 0 Å². The van der Waals surface area contributed by atoms with Crippen LogP contribution in [-0.2, 0) is 11.2 Å². The lowest BCUT2D eigenvalue weighted by atomic mass is 10.1. The third-order valence-electron chi connectivity index (χ3n) is 3.31. The summed E-state index contributed by atoms with van der Waals surface area (Å²) in [5.74, 6) is 0.598. The average molecular weight is 309 g/mol. The number of hydrogen-bond acceptors (Lipinski definition) is 5. The summed E-state index contributed by atoms with van der Waals surface area (Å²) in [5.41, 5.74) is 2.37. The fraction of sp³-hybridized carbons (Fsp3) is 0.125. The third kappa shape index (κ3) is 3.52. The van der Waals surface area contributed by atoms with Crippen LogP contribution in [0.5, 0.6) is 5.75 Å². The van der Waals surface area contributed by atoms with Crippen LogP contribution in [0.25, 0.3) is 5.69 Å². The van der Waals surface area contributed by atoms with Crippen LogP contribution < -0.4 is 10.1 Å². The molecule has 0 saturated carbocycles. The number of benzene rings is 2. The molecule has 3 rings (SSSR count). The lowest BCUT2D eigenvalue weighted by Crippen LogP contribution is -2.14. The molecule has 1 amide bonds. The Bertz CT molecular complexity index is 784. The molecule has 0 radical (unpaired) electrons. The number of nitrogens with one attached hydrogen (secondary N) is 1. The van der Waals surface area contributed by atoms with E-state index >= 15 is 0 Å². The van der Waals surface area contributed by atoms with Crippen molar-refractivity contribution in [2.45, 2.75) is 6.42 Å². The highest BCUT2D eigenvalue weighted by Gasteiger charge is 2.08. The SMILES string of the molecule is COc1ccccc1CC(=O)Nc1ccc(-n2cnnn2)cc1. The maximum Gasteiger partial charge on any atom is 0.228 e. The largest absolute Gasteiger partial charge is 0.496 e. The van der Waals surface area contributed by atoms with Gasteiger partial charge in [0, 0.05) is 11.3 Å². The maximum absolute atomic E-state index is 12.2. The quantitative estimate of drug-likeness (QED) is 0.778. The number of amides is 1. The second kappa shape index (κ2) is 6.69. The molecule has 1 N–H and O–H groups in total. The van der Waals surface area contributed by atoms with Crippen LogP contribution in [0.3, 0.4) is 0 Å². The van der Waals surface area contributed by atoms with Crippen molar-refractivity contribution in [3.8, 4) is 11.4 Å². The molecule has 7 heteroatoms. The Morgan fingerprint density at radius 3 is 2.65 bits per heavy atom. The van der Waals surface area contributed by atoms with E-state index in [4.69, 9.17) is 4.74 Å². The number of tetrazole rings is 1. The Labute approximate surface area is 132 Å². The van der Waals surface area contributed by atoms with Crippen molar-refractivity contribution < 1.29 is 9.53 Å². The first-order valence-electron chi connectivity index (χ1n) is 7.01. The van der Waals surface area contributed by atoms with E-state index in [9.17, 15) is 4.79 Å². The third-order valence-corrected chi connectivity index (χ3v) is 3.31. The monoisotopic (exact) mass is 309 g/mol. The number of aromatic nitrogens is 4. The number of para-hydroxylation sites is 1. The number of carbonyl (C=O) groups excluding carboxylic acids is 1. The summed E-state index contributed by atoms with van der Waals surface area (Å²) in [5, 5.41) is 13.8. The van der Waals surface area contributed by atoms with Gasteiger partial charge in [0.25, 0.3) is 0 Å². The van der Waals surface area contributed by atoms with Gasteiger partial charge in [-0.15, -0.1) is 5.10 Å². The molecular formula is C16H15N5O2. The molecule has 0 spiro atoms. The van der Waals surface area contributed by atoms with Gasteiger partial charge in [-0.05, 0) is 40.8 Å². The Morgan fingerprint density at radius 1 is 1.17 bits per heavy atom. The van der Waals surface area contributed by atoms with E-state index in [1.165, 1.54) is 6.33 Å². The van der Waals surface area contributed by atoms with Crippen LogP contribution in [0, 0.1) is 0 Å². The van der Waals surface area contributed by atoms with Gasteiger partial charge < -0.3 is 10.1 Å². The van der Waals surface area contributed by atoms with E-state index in [2.05, 4.69) is 20.8 Å². The van der Waals surface area contributed by atoms with Crippen LogP contribution in [0.2, 0.25) is 0 Å². The molecule has 0 fully saturated rings. The minimum absolute atomic E-state index is 0.107. The Hall–Kier alpha value is -3.22. The van der Waals surface area contributed by atoms with Gasteiger partial charge in [0.2, 0.25) is 5.91 Å². The van der Waals surface area contributed by atoms with Crippen LogP contribution in [0.1, 0.15) is 5.56 Å². The van der Waals surface area contributed by atoms with E-state index in [1.54, 1.807) is 23.9 Å². The zero-order chi connectivity index (χ0) is 16.1. The molecule has 0 aliphatic rings. The number of ether oxygens (including phenoxy) is 1. The van der Waals surface area contributed by atoms with Crippen molar-refractivity contribution in [3.63, 3.8) is 0 Å². The topological polar surface area (TPSA) is 81.9 Å². The summed E-state index contributed by atoms with van der Waals surface area (Å²) in [6, 6.07) is 14.7. The van der Waals surface area contributed by atoms with Gasteiger partial charge in [-0.3, -0.25) is 4.79 Å². The van der Waals surface area contributed by atoms with E-state index in [-0.39, 0.29) is 12.3 Å². The smallest absolute Gasteiger partial charge is 0.228 e. The second-order valence-corrected chi connectivity index (χ2v) is 4.84. The van der Waals surface area contributed by atoms with E-state index in [0.29, 0.717) is 11.4 Å². The Balaban J connectivity index is 1.66. The minimum Gasteiger partial charge on any atom is -0.496 e. The lowest BCUT2D eigenvalue weighted by Gasteiger charge is -2.09. The number of hydrogen-bond donors (Lipinski definition) is 1. The highest BCUT2D eigenvalue weighted by molar-refractivity contribution is 5.92. The van der Waals surface area contributed by atoms with Crippen LogP contribution in [0.4, 0.5) is 5.69 Å². The van der Waals surface area contributed by atoms with Crippen LogP contribution in [-0.4, -0.2) is 33.2 Å². The van der Waals surface area contributed by atoms with Crippen molar-refractivity contribution in [3.05, 3.63) is 60.4 Å². The predicted molar refractivity (Wildman–Crippen MR) is 84.5 cm³/mol. The second-order valence-electron chi connectivity index (χ2n) is 4.84. The molecule has 1 heterocycles. The van der Waals surface area contributed by atoms with Gasteiger partial charge in [-0.2, -0.15) is 0 Å². The summed E-state index contributed by atoms with van der Waals surface area (Å²) in [4.78, 5) is 12.2. The van der Waals surface area contributed by atoms with Gasteiger partial charge in [0.05, 0.1) is 19.2 Å². The molecule has 3 aromatic rings. The van der Waals surface area contributed by atoms with Gasteiger partial charge in [0.15, 0.2) is 0 Å². The van der Waals surface area contributed by atoms with Crippen LogP contribution in [0.15, 0.2) is 54.9 Å². The average Bonchev–Trinajstić information content (AvgIpc) is 3.10. The van der Waals surface area contributed by atoms with Crippen molar-refractivity contribution in [2.75, 3.05) is 12.4 Å². The molecule has 116 valence electrons. The molecule has 2 aromatic carbocycles. The van der Waals surface area contributed by atoms with E-state index < -0.39 is 0 Å². The molecule has 7 nitrogen and oxygen atoms in total. The number of rotatable bonds is 5.